The molecule has 0 bridgehead atoms. The molecular formula is C39H29N. The van der Waals surface area contributed by atoms with Crippen LogP contribution in [-0.2, 0) is 5.41 Å². The minimum Gasteiger partial charge on any atom is -0.310 e. The minimum atomic E-state index is -0.0173. The van der Waals surface area contributed by atoms with Crippen molar-refractivity contribution in [2.24, 2.45) is 0 Å². The first-order chi connectivity index (χ1) is 19.6. The van der Waals surface area contributed by atoms with Gasteiger partial charge in [-0.2, -0.15) is 0 Å². The number of nitrogens with zero attached hydrogens (tertiary/aromatic N) is 1. The van der Waals surface area contributed by atoms with Gasteiger partial charge in [0, 0.05) is 22.2 Å². The van der Waals surface area contributed by atoms with Crippen LogP contribution in [0, 0.1) is 0 Å². The van der Waals surface area contributed by atoms with Crippen LogP contribution in [0.4, 0.5) is 17.1 Å². The van der Waals surface area contributed by atoms with Gasteiger partial charge in [0.2, 0.25) is 0 Å². The van der Waals surface area contributed by atoms with E-state index in [2.05, 4.69) is 158 Å². The van der Waals surface area contributed by atoms with Crippen molar-refractivity contribution < 1.29 is 0 Å². The van der Waals surface area contributed by atoms with Crippen molar-refractivity contribution >= 4 is 49.4 Å². The van der Waals surface area contributed by atoms with Crippen LogP contribution in [-0.4, -0.2) is 0 Å². The van der Waals surface area contributed by atoms with Crippen molar-refractivity contribution in [1.82, 2.24) is 0 Å². The van der Waals surface area contributed by atoms with Crippen molar-refractivity contribution in [3.8, 4) is 11.1 Å². The molecular weight excluding hydrogens is 482 g/mol. The second-order valence-electron chi connectivity index (χ2n) is 11.4. The summed E-state index contributed by atoms with van der Waals surface area (Å²) in [6.07, 6.45) is 0. The SMILES string of the molecule is CC1(C)c2ccccc2-c2cc(N(c3ccccc3)c3cc4c5ccccc5ccc4c4ccccc34)ccc21. The van der Waals surface area contributed by atoms with E-state index in [1.54, 1.807) is 0 Å². The van der Waals surface area contributed by atoms with Crippen molar-refractivity contribution in [3.63, 3.8) is 0 Å². The summed E-state index contributed by atoms with van der Waals surface area (Å²) in [5, 5.41) is 7.63. The van der Waals surface area contributed by atoms with Gasteiger partial charge in [-0.15, -0.1) is 0 Å². The third-order valence-electron chi connectivity index (χ3n) is 8.83. The van der Waals surface area contributed by atoms with Gasteiger partial charge in [0.15, 0.2) is 0 Å². The van der Waals surface area contributed by atoms with Gasteiger partial charge >= 0.3 is 0 Å². The van der Waals surface area contributed by atoms with Gasteiger partial charge in [-0.1, -0.05) is 123 Å². The molecule has 0 saturated carbocycles. The maximum absolute atomic E-state index is 2.44. The lowest BCUT2D eigenvalue weighted by Crippen LogP contribution is -2.15. The van der Waals surface area contributed by atoms with Crippen LogP contribution >= 0.6 is 0 Å². The van der Waals surface area contributed by atoms with Crippen LogP contribution in [0.25, 0.3) is 43.4 Å². The van der Waals surface area contributed by atoms with E-state index in [0.29, 0.717) is 0 Å². The quantitative estimate of drug-likeness (QED) is 0.213. The van der Waals surface area contributed by atoms with E-state index in [0.717, 1.165) is 5.69 Å². The number of benzene rings is 7. The Bertz CT molecular complexity index is 2080. The molecule has 1 nitrogen and oxygen atoms in total. The number of fused-ring (bicyclic) bond motifs is 8. The molecule has 0 aliphatic heterocycles. The highest BCUT2D eigenvalue weighted by Crippen LogP contribution is 2.51. The van der Waals surface area contributed by atoms with Crippen LogP contribution < -0.4 is 4.90 Å². The zero-order valence-electron chi connectivity index (χ0n) is 22.7. The monoisotopic (exact) mass is 511 g/mol. The Morgan fingerprint density at radius 3 is 1.93 bits per heavy atom. The van der Waals surface area contributed by atoms with Crippen LogP contribution in [0.2, 0.25) is 0 Å². The fourth-order valence-corrected chi connectivity index (χ4v) is 6.88. The van der Waals surface area contributed by atoms with Crippen molar-refractivity contribution in [1.29, 1.82) is 0 Å². The summed E-state index contributed by atoms with van der Waals surface area (Å²) in [6, 6.07) is 51.2. The average molecular weight is 512 g/mol. The van der Waals surface area contributed by atoms with Gasteiger partial charge in [-0.05, 0) is 79.5 Å². The fraction of sp³-hybridized carbons (Fsp3) is 0.0769. The molecule has 1 aliphatic carbocycles. The summed E-state index contributed by atoms with van der Waals surface area (Å²) in [5.74, 6) is 0. The topological polar surface area (TPSA) is 3.24 Å². The number of hydrogen-bond acceptors (Lipinski definition) is 1. The summed E-state index contributed by atoms with van der Waals surface area (Å²) >= 11 is 0. The van der Waals surface area contributed by atoms with E-state index in [9.17, 15) is 0 Å². The Morgan fingerprint density at radius 1 is 0.425 bits per heavy atom. The molecule has 7 aromatic rings. The zero-order valence-corrected chi connectivity index (χ0v) is 22.7. The van der Waals surface area contributed by atoms with Crippen molar-refractivity contribution in [3.05, 3.63) is 151 Å². The Balaban J connectivity index is 1.46. The lowest BCUT2D eigenvalue weighted by atomic mass is 9.82. The van der Waals surface area contributed by atoms with Gasteiger partial charge < -0.3 is 4.90 Å². The first-order valence-electron chi connectivity index (χ1n) is 14.0. The van der Waals surface area contributed by atoms with Crippen LogP contribution in [0.3, 0.4) is 0 Å². The lowest BCUT2D eigenvalue weighted by molar-refractivity contribution is 0.660. The number of anilines is 3. The van der Waals surface area contributed by atoms with E-state index < -0.39 is 0 Å². The van der Waals surface area contributed by atoms with Crippen LogP contribution in [0.5, 0.6) is 0 Å². The molecule has 0 N–H and O–H groups in total. The van der Waals surface area contributed by atoms with E-state index in [1.165, 1.54) is 65.9 Å². The highest BCUT2D eigenvalue weighted by atomic mass is 15.1. The smallest absolute Gasteiger partial charge is 0.0546 e. The molecule has 0 radical (unpaired) electrons. The molecule has 40 heavy (non-hydrogen) atoms. The fourth-order valence-electron chi connectivity index (χ4n) is 6.88. The van der Waals surface area contributed by atoms with Crippen LogP contribution in [0.1, 0.15) is 25.0 Å². The molecule has 0 fully saturated rings. The lowest BCUT2D eigenvalue weighted by Gasteiger charge is -2.29. The van der Waals surface area contributed by atoms with E-state index >= 15 is 0 Å². The molecule has 0 atom stereocenters. The maximum atomic E-state index is 2.44. The number of rotatable bonds is 3. The molecule has 0 unspecified atom stereocenters. The molecule has 0 heterocycles. The largest absolute Gasteiger partial charge is 0.310 e. The molecule has 0 saturated heterocycles. The van der Waals surface area contributed by atoms with E-state index in [4.69, 9.17) is 0 Å². The molecule has 8 rings (SSSR count). The average Bonchev–Trinajstić information content (AvgIpc) is 3.24. The molecule has 0 aromatic heterocycles. The van der Waals surface area contributed by atoms with Crippen LogP contribution in [0.15, 0.2) is 140 Å². The Morgan fingerprint density at radius 2 is 1.07 bits per heavy atom. The van der Waals surface area contributed by atoms with Gasteiger partial charge in [0.05, 0.1) is 5.69 Å². The van der Waals surface area contributed by atoms with Crippen molar-refractivity contribution in [2.75, 3.05) is 4.90 Å². The van der Waals surface area contributed by atoms with Crippen molar-refractivity contribution in [2.45, 2.75) is 19.3 Å². The van der Waals surface area contributed by atoms with Gasteiger partial charge in [0.1, 0.15) is 0 Å². The van der Waals surface area contributed by atoms with E-state index in [-0.39, 0.29) is 5.41 Å². The molecule has 190 valence electrons. The number of para-hydroxylation sites is 1. The first-order valence-corrected chi connectivity index (χ1v) is 14.0. The third kappa shape index (κ3) is 3.28. The molecule has 0 spiro atoms. The summed E-state index contributed by atoms with van der Waals surface area (Å²) < 4.78 is 0. The summed E-state index contributed by atoms with van der Waals surface area (Å²) in [5.41, 5.74) is 8.95. The predicted molar refractivity (Wildman–Crippen MR) is 171 cm³/mol. The second-order valence-corrected chi connectivity index (χ2v) is 11.4. The summed E-state index contributed by atoms with van der Waals surface area (Å²) in [7, 11) is 0. The minimum absolute atomic E-state index is 0.0173. The molecule has 1 heteroatoms. The number of hydrogen-bond donors (Lipinski definition) is 0. The van der Waals surface area contributed by atoms with Gasteiger partial charge in [-0.25, -0.2) is 0 Å². The highest BCUT2D eigenvalue weighted by molar-refractivity contribution is 6.21. The molecule has 1 aliphatic rings. The van der Waals surface area contributed by atoms with Gasteiger partial charge in [0.25, 0.3) is 0 Å². The Kier molecular flexibility index (Phi) is 4.93. The standard InChI is InChI=1S/C39H29N/c1-39(2)36-19-11-10-17-32(36)35-24-28(21-23-37(35)39)40(27-13-4-3-5-14-27)38-25-34-29-15-7-6-12-26(29)20-22-31(34)30-16-8-9-18-33(30)38/h3-25H,1-2H3. The first kappa shape index (κ1) is 23.0. The van der Waals surface area contributed by atoms with Gasteiger partial charge in [-0.3, -0.25) is 0 Å². The third-order valence-corrected chi connectivity index (χ3v) is 8.83. The van der Waals surface area contributed by atoms with E-state index in [1.807, 2.05) is 0 Å². The summed E-state index contributed by atoms with van der Waals surface area (Å²) in [6.45, 7) is 4.68. The Hall–Kier alpha value is -4.88. The molecule has 0 amide bonds. The zero-order chi connectivity index (χ0) is 26.8. The molecule has 7 aromatic carbocycles. The maximum Gasteiger partial charge on any atom is 0.0546 e. The normalized spacial score (nSPS) is 13.4. The highest BCUT2D eigenvalue weighted by Gasteiger charge is 2.35. The summed E-state index contributed by atoms with van der Waals surface area (Å²) in [4.78, 5) is 2.44. The second kappa shape index (κ2) is 8.56. The Labute approximate surface area is 234 Å². The predicted octanol–water partition coefficient (Wildman–Crippen LogP) is 10.9.